The second-order valence-corrected chi connectivity index (χ2v) is 3.68. The van der Waals surface area contributed by atoms with Crippen LogP contribution in [0.4, 0.5) is 5.69 Å². The fourth-order valence-corrected chi connectivity index (χ4v) is 1.47. The van der Waals surface area contributed by atoms with Crippen molar-refractivity contribution in [3.05, 3.63) is 23.8 Å². The van der Waals surface area contributed by atoms with Crippen LogP contribution in [0.2, 0.25) is 0 Å². The summed E-state index contributed by atoms with van der Waals surface area (Å²) in [5.74, 6) is 0.281. The topological polar surface area (TPSA) is 32.6 Å². The summed E-state index contributed by atoms with van der Waals surface area (Å²) in [4.78, 5) is 4.23. The Kier molecular flexibility index (Phi) is 1.28. The normalized spacial score (nSPS) is 17.8. The summed E-state index contributed by atoms with van der Waals surface area (Å²) in [5.41, 5.74) is 2.09. The Bertz CT molecular complexity index is 353. The van der Waals surface area contributed by atoms with Crippen LogP contribution in [0.1, 0.15) is 19.4 Å². The summed E-state index contributed by atoms with van der Waals surface area (Å²) in [5, 5.41) is 9.19. The summed E-state index contributed by atoms with van der Waals surface area (Å²) in [6.45, 7) is 4.22. The van der Waals surface area contributed by atoms with Gasteiger partial charge in [0.2, 0.25) is 0 Å². The zero-order valence-electron chi connectivity index (χ0n) is 7.20. The number of phenols is 1. The Morgan fingerprint density at radius 3 is 2.83 bits per heavy atom. The van der Waals surface area contributed by atoms with Crippen LogP contribution in [0.3, 0.4) is 0 Å². The third-order valence-corrected chi connectivity index (χ3v) is 2.20. The van der Waals surface area contributed by atoms with Crippen LogP contribution < -0.4 is 0 Å². The van der Waals surface area contributed by atoms with Gasteiger partial charge in [0.25, 0.3) is 0 Å². The first-order chi connectivity index (χ1) is 5.59. The van der Waals surface area contributed by atoms with E-state index in [1.54, 1.807) is 12.1 Å². The van der Waals surface area contributed by atoms with E-state index in [9.17, 15) is 5.11 Å². The summed E-state index contributed by atoms with van der Waals surface area (Å²) in [7, 11) is 0. The number of nitrogens with zero attached hydrogens (tertiary/aromatic N) is 1. The van der Waals surface area contributed by atoms with Crippen LogP contribution in [0, 0.1) is 0 Å². The van der Waals surface area contributed by atoms with E-state index in [0.717, 1.165) is 5.69 Å². The van der Waals surface area contributed by atoms with Gasteiger partial charge in [-0.05, 0) is 11.6 Å². The second-order valence-electron chi connectivity index (χ2n) is 3.68. The standard InChI is InChI=1S/C10H11NO/c1-10(2)6-11-9-5-7(12)3-4-8(9)10/h3-6,12H,1-2H3. The van der Waals surface area contributed by atoms with Crippen molar-refractivity contribution in [1.82, 2.24) is 0 Å². The van der Waals surface area contributed by atoms with Crippen molar-refractivity contribution in [3.8, 4) is 5.75 Å². The van der Waals surface area contributed by atoms with E-state index in [-0.39, 0.29) is 11.2 Å². The molecule has 2 rings (SSSR count). The molecule has 0 saturated heterocycles. The lowest BCUT2D eigenvalue weighted by Crippen LogP contribution is -2.14. The van der Waals surface area contributed by atoms with Gasteiger partial charge < -0.3 is 5.11 Å². The third-order valence-electron chi connectivity index (χ3n) is 2.20. The maximum atomic E-state index is 9.19. The molecule has 0 bridgehead atoms. The van der Waals surface area contributed by atoms with Gasteiger partial charge in [-0.2, -0.15) is 0 Å². The van der Waals surface area contributed by atoms with Gasteiger partial charge in [-0.25, -0.2) is 0 Å². The molecule has 0 aromatic heterocycles. The molecule has 0 atom stereocenters. The number of fused-ring (bicyclic) bond motifs is 1. The number of aromatic hydroxyl groups is 1. The quantitative estimate of drug-likeness (QED) is 0.622. The summed E-state index contributed by atoms with van der Waals surface area (Å²) >= 11 is 0. The average molecular weight is 161 g/mol. The van der Waals surface area contributed by atoms with E-state index in [4.69, 9.17) is 0 Å². The summed E-state index contributed by atoms with van der Waals surface area (Å²) in [6.07, 6.45) is 1.91. The lowest BCUT2D eigenvalue weighted by Gasteiger charge is -2.14. The Balaban J connectivity index is 2.62. The number of benzene rings is 1. The molecule has 62 valence electrons. The van der Waals surface area contributed by atoms with Gasteiger partial charge in [-0.1, -0.05) is 19.9 Å². The molecule has 12 heavy (non-hydrogen) atoms. The monoisotopic (exact) mass is 161 g/mol. The molecule has 2 heteroatoms. The molecule has 0 amide bonds. The molecule has 1 aromatic rings. The van der Waals surface area contributed by atoms with E-state index >= 15 is 0 Å². The molecule has 1 aliphatic rings. The maximum absolute atomic E-state index is 9.19. The van der Waals surface area contributed by atoms with Gasteiger partial charge in [0.15, 0.2) is 0 Å². The average Bonchev–Trinajstić information content (AvgIpc) is 2.27. The van der Waals surface area contributed by atoms with Crippen molar-refractivity contribution >= 4 is 11.9 Å². The zero-order chi connectivity index (χ0) is 8.77. The minimum Gasteiger partial charge on any atom is -0.508 e. The highest BCUT2D eigenvalue weighted by Crippen LogP contribution is 2.37. The van der Waals surface area contributed by atoms with Crippen molar-refractivity contribution < 1.29 is 5.11 Å². The Morgan fingerprint density at radius 2 is 2.08 bits per heavy atom. The number of aliphatic imine (C=N–C) groups is 1. The highest BCUT2D eigenvalue weighted by atomic mass is 16.3. The fraction of sp³-hybridized carbons (Fsp3) is 0.300. The molecule has 1 aromatic carbocycles. The van der Waals surface area contributed by atoms with Crippen LogP contribution in [-0.2, 0) is 5.41 Å². The molecule has 0 unspecified atom stereocenters. The highest BCUT2D eigenvalue weighted by Gasteiger charge is 2.26. The highest BCUT2D eigenvalue weighted by molar-refractivity contribution is 5.84. The van der Waals surface area contributed by atoms with Crippen LogP contribution in [-0.4, -0.2) is 11.3 Å². The van der Waals surface area contributed by atoms with Gasteiger partial charge in [0.05, 0.1) is 5.69 Å². The molecule has 1 N–H and O–H groups in total. The van der Waals surface area contributed by atoms with Gasteiger partial charge in [-0.15, -0.1) is 0 Å². The number of phenolic OH excluding ortho intramolecular Hbond substituents is 1. The minimum atomic E-state index is 0.0169. The predicted molar refractivity (Wildman–Crippen MR) is 49.3 cm³/mol. The van der Waals surface area contributed by atoms with E-state index in [1.165, 1.54) is 5.56 Å². The van der Waals surface area contributed by atoms with Gasteiger partial charge >= 0.3 is 0 Å². The summed E-state index contributed by atoms with van der Waals surface area (Å²) in [6, 6.07) is 5.33. The van der Waals surface area contributed by atoms with E-state index < -0.39 is 0 Å². The minimum absolute atomic E-state index is 0.0169. The van der Waals surface area contributed by atoms with Crippen molar-refractivity contribution in [1.29, 1.82) is 0 Å². The van der Waals surface area contributed by atoms with Gasteiger partial charge in [0.1, 0.15) is 5.75 Å². The van der Waals surface area contributed by atoms with Crippen LogP contribution >= 0.6 is 0 Å². The predicted octanol–water partition coefficient (Wildman–Crippen LogP) is 2.39. The molecule has 0 radical (unpaired) electrons. The Hall–Kier alpha value is -1.31. The van der Waals surface area contributed by atoms with Gasteiger partial charge in [-0.3, -0.25) is 4.99 Å². The fourth-order valence-electron chi connectivity index (χ4n) is 1.47. The molecule has 0 fully saturated rings. The van der Waals surface area contributed by atoms with Crippen molar-refractivity contribution in [3.63, 3.8) is 0 Å². The molecule has 1 aliphatic heterocycles. The SMILES string of the molecule is CC1(C)C=Nc2cc(O)ccc21. The zero-order valence-corrected chi connectivity index (χ0v) is 7.20. The molecule has 2 nitrogen and oxygen atoms in total. The first kappa shape index (κ1) is 7.35. The maximum Gasteiger partial charge on any atom is 0.117 e. The van der Waals surface area contributed by atoms with Crippen molar-refractivity contribution in [2.45, 2.75) is 19.3 Å². The number of hydrogen-bond donors (Lipinski definition) is 1. The largest absolute Gasteiger partial charge is 0.508 e. The summed E-state index contributed by atoms with van der Waals surface area (Å²) < 4.78 is 0. The molecule has 0 aliphatic carbocycles. The van der Waals surface area contributed by atoms with Crippen LogP contribution in [0.5, 0.6) is 5.75 Å². The lowest BCUT2D eigenvalue weighted by atomic mass is 9.87. The second kappa shape index (κ2) is 2.09. The molecular weight excluding hydrogens is 150 g/mol. The van der Waals surface area contributed by atoms with E-state index in [1.807, 2.05) is 12.3 Å². The third kappa shape index (κ3) is 0.916. The lowest BCUT2D eigenvalue weighted by molar-refractivity contribution is 0.475. The first-order valence-corrected chi connectivity index (χ1v) is 3.98. The Labute approximate surface area is 71.6 Å². The molecule has 1 heterocycles. The van der Waals surface area contributed by atoms with E-state index in [0.29, 0.717) is 0 Å². The number of hydrogen-bond acceptors (Lipinski definition) is 2. The first-order valence-electron chi connectivity index (χ1n) is 3.98. The molecular formula is C10H11NO. The van der Waals surface area contributed by atoms with Gasteiger partial charge in [0, 0.05) is 17.7 Å². The molecule has 0 spiro atoms. The van der Waals surface area contributed by atoms with Crippen molar-refractivity contribution in [2.24, 2.45) is 4.99 Å². The number of rotatable bonds is 0. The van der Waals surface area contributed by atoms with Crippen molar-refractivity contribution in [2.75, 3.05) is 0 Å². The smallest absolute Gasteiger partial charge is 0.117 e. The Morgan fingerprint density at radius 1 is 1.33 bits per heavy atom. The van der Waals surface area contributed by atoms with E-state index in [2.05, 4.69) is 18.8 Å². The van der Waals surface area contributed by atoms with Crippen LogP contribution in [0.15, 0.2) is 23.2 Å². The van der Waals surface area contributed by atoms with Crippen LogP contribution in [0.25, 0.3) is 0 Å². The molecule has 0 saturated carbocycles.